The van der Waals surface area contributed by atoms with Crippen molar-refractivity contribution < 1.29 is 28.5 Å². The minimum atomic E-state index is -1.50. The van der Waals surface area contributed by atoms with Crippen molar-refractivity contribution in [3.63, 3.8) is 0 Å². The van der Waals surface area contributed by atoms with Gasteiger partial charge in [-0.25, -0.2) is 0 Å². The average Bonchev–Trinajstić information content (AvgIpc) is 3.10. The quantitative estimate of drug-likeness (QED) is 0.524. The molecule has 0 fully saturated rings. The summed E-state index contributed by atoms with van der Waals surface area (Å²) in [7, 11) is 1.52. The Kier molecular flexibility index (Phi) is 6.29. The smallest absolute Gasteiger partial charge is 0.231 e. The van der Waals surface area contributed by atoms with Crippen molar-refractivity contribution in [2.75, 3.05) is 14.2 Å². The monoisotopic (exact) mass is 500 g/mol. The molecule has 1 aliphatic heterocycles. The Morgan fingerprint density at radius 2 is 1.74 bits per heavy atom. The van der Waals surface area contributed by atoms with Crippen LogP contribution in [-0.2, 0) is 16.1 Å². The summed E-state index contributed by atoms with van der Waals surface area (Å²) in [5.41, 5.74) is -0.343. The van der Waals surface area contributed by atoms with Crippen molar-refractivity contribution in [2.45, 2.75) is 45.2 Å². The molecule has 0 unspecified atom stereocenters. The van der Waals surface area contributed by atoms with Crippen molar-refractivity contribution in [1.29, 1.82) is 0 Å². The fraction of sp³-hybridized carbons (Fsp3) is 0.385. The number of methoxy groups -OCH3 is 2. The van der Waals surface area contributed by atoms with Crippen LogP contribution in [0.5, 0.6) is 17.2 Å². The molecule has 0 saturated carbocycles. The number of Topliss-reactive ketones (excluding diaryl/α,β-unsaturated/α-hetero) is 1. The maximum absolute atomic E-state index is 13.9. The highest BCUT2D eigenvalue weighted by Gasteiger charge is 2.60. The van der Waals surface area contributed by atoms with Crippen LogP contribution < -0.4 is 19.4 Å². The second-order valence-corrected chi connectivity index (χ2v) is 15.2. The van der Waals surface area contributed by atoms with Gasteiger partial charge >= 0.3 is 0 Å². The molecule has 2 atom stereocenters. The molecule has 4 rings (SSSR count). The van der Waals surface area contributed by atoms with E-state index in [2.05, 4.69) is 31.8 Å². The molecular formula is C26H29ClO6Si. The summed E-state index contributed by atoms with van der Waals surface area (Å²) >= 11 is 6.52. The van der Waals surface area contributed by atoms with E-state index in [1.807, 2.05) is 12.1 Å². The summed E-state index contributed by atoms with van der Waals surface area (Å²) < 4.78 is 23.2. The maximum atomic E-state index is 13.9. The van der Waals surface area contributed by atoms with E-state index in [0.29, 0.717) is 11.5 Å². The van der Waals surface area contributed by atoms with Crippen LogP contribution in [0.3, 0.4) is 0 Å². The Labute approximate surface area is 205 Å². The highest BCUT2D eigenvalue weighted by Crippen LogP contribution is 2.54. The molecule has 180 valence electrons. The first kappa shape index (κ1) is 24.4. The van der Waals surface area contributed by atoms with E-state index in [1.165, 1.54) is 25.5 Å². The summed E-state index contributed by atoms with van der Waals surface area (Å²) in [6.45, 7) is 8.87. The molecule has 2 aliphatic rings. The molecule has 1 aliphatic carbocycles. The summed E-state index contributed by atoms with van der Waals surface area (Å²) in [5.74, 6) is 0.0522. The minimum absolute atomic E-state index is 0.120. The van der Waals surface area contributed by atoms with Gasteiger partial charge in [-0.05, 0) is 5.56 Å². The zero-order chi connectivity index (χ0) is 24.8. The van der Waals surface area contributed by atoms with Crippen LogP contribution in [0.2, 0.25) is 24.7 Å². The number of allylic oxidation sites excluding steroid dienone is 1. The van der Waals surface area contributed by atoms with E-state index < -0.39 is 19.6 Å². The maximum Gasteiger partial charge on any atom is 0.231 e. The number of halogens is 1. The number of carbonyl (C=O) groups excluding carboxylic acids is 2. The Morgan fingerprint density at radius 1 is 1.09 bits per heavy atom. The molecule has 0 amide bonds. The molecule has 34 heavy (non-hydrogen) atoms. The van der Waals surface area contributed by atoms with Gasteiger partial charge in [0.25, 0.3) is 0 Å². The lowest BCUT2D eigenvalue weighted by Gasteiger charge is -2.37. The lowest BCUT2D eigenvalue weighted by Crippen LogP contribution is -2.51. The fourth-order valence-electron chi connectivity index (χ4n) is 4.50. The number of fused-ring (bicyclic) bond motifs is 1. The second kappa shape index (κ2) is 8.78. The fourth-order valence-corrected chi connectivity index (χ4v) is 5.93. The highest BCUT2D eigenvalue weighted by molar-refractivity contribution is 6.88. The SMILES string of the molecule is COc1cc(OC)c2c(c1Cl)O[C@]1(C2=O)C(OCc2ccc([Si](C)(C)C)cc2)=CC(=O)C[C@H]1C. The number of hydrogen-bond donors (Lipinski definition) is 0. The number of ether oxygens (including phenoxy) is 4. The third-order valence-electron chi connectivity index (χ3n) is 6.49. The number of benzene rings is 2. The van der Waals surface area contributed by atoms with Gasteiger partial charge < -0.3 is 18.9 Å². The van der Waals surface area contributed by atoms with Gasteiger partial charge in [0.05, 0.1) is 22.3 Å². The molecule has 2 aromatic carbocycles. The van der Waals surface area contributed by atoms with E-state index in [1.54, 1.807) is 13.0 Å². The van der Waals surface area contributed by atoms with Crippen LogP contribution in [0, 0.1) is 5.92 Å². The van der Waals surface area contributed by atoms with E-state index in [9.17, 15) is 9.59 Å². The van der Waals surface area contributed by atoms with Crippen LogP contribution in [0.1, 0.15) is 29.3 Å². The number of ketones is 2. The first-order valence-corrected chi connectivity index (χ1v) is 15.1. The third kappa shape index (κ3) is 3.90. The molecule has 0 N–H and O–H groups in total. The Morgan fingerprint density at radius 3 is 2.32 bits per heavy atom. The summed E-state index contributed by atoms with van der Waals surface area (Å²) in [4.78, 5) is 26.3. The number of hydrogen-bond acceptors (Lipinski definition) is 6. The largest absolute Gasteiger partial charge is 0.496 e. The number of carbonyl (C=O) groups is 2. The highest BCUT2D eigenvalue weighted by atomic mass is 35.5. The van der Waals surface area contributed by atoms with E-state index in [-0.39, 0.29) is 46.7 Å². The van der Waals surface area contributed by atoms with Crippen LogP contribution in [0.15, 0.2) is 42.2 Å². The van der Waals surface area contributed by atoms with Crippen molar-refractivity contribution in [1.82, 2.24) is 0 Å². The van der Waals surface area contributed by atoms with Crippen molar-refractivity contribution >= 4 is 36.4 Å². The van der Waals surface area contributed by atoms with Gasteiger partial charge in [0.2, 0.25) is 11.4 Å². The molecule has 0 saturated heterocycles. The van der Waals surface area contributed by atoms with Crippen LogP contribution in [0.4, 0.5) is 0 Å². The van der Waals surface area contributed by atoms with Gasteiger partial charge in [0, 0.05) is 24.5 Å². The van der Waals surface area contributed by atoms with Gasteiger partial charge in [-0.1, -0.05) is 67.6 Å². The molecule has 8 heteroatoms. The second-order valence-electron chi connectivity index (χ2n) is 9.78. The van der Waals surface area contributed by atoms with Gasteiger partial charge in [0.1, 0.15) is 28.7 Å². The van der Waals surface area contributed by atoms with Crippen LogP contribution >= 0.6 is 11.6 Å². The first-order chi connectivity index (χ1) is 16.0. The van der Waals surface area contributed by atoms with Gasteiger partial charge in [0.15, 0.2) is 17.3 Å². The van der Waals surface area contributed by atoms with E-state index in [4.69, 9.17) is 30.5 Å². The lowest BCUT2D eigenvalue weighted by atomic mass is 9.75. The van der Waals surface area contributed by atoms with E-state index >= 15 is 0 Å². The first-order valence-electron chi connectivity index (χ1n) is 11.2. The Balaban J connectivity index is 1.71. The van der Waals surface area contributed by atoms with Gasteiger partial charge in [-0.2, -0.15) is 0 Å². The summed E-state index contributed by atoms with van der Waals surface area (Å²) in [6.07, 6.45) is 1.52. The Hall–Kier alpha value is -2.77. The molecular weight excluding hydrogens is 472 g/mol. The molecule has 1 spiro atoms. The molecule has 2 aromatic rings. The predicted molar refractivity (Wildman–Crippen MR) is 133 cm³/mol. The standard InChI is InChI=1S/C26H29ClO6Si/c1-15-11-17(28)12-21(32-14-16-7-9-18(10-8-16)34(4,5)6)26(15)25(29)22-19(30-2)13-20(31-3)23(27)24(22)33-26/h7-10,12-13,15H,11,14H2,1-6H3/t15-,26+/m1/s1. The van der Waals surface area contributed by atoms with Gasteiger partial charge in [-0.15, -0.1) is 0 Å². The zero-order valence-corrected chi connectivity index (χ0v) is 22.0. The zero-order valence-electron chi connectivity index (χ0n) is 20.3. The minimum Gasteiger partial charge on any atom is -0.496 e. The van der Waals surface area contributed by atoms with Crippen molar-refractivity contribution in [3.8, 4) is 17.2 Å². The predicted octanol–water partition coefficient (Wildman–Crippen LogP) is 4.93. The van der Waals surface area contributed by atoms with Crippen molar-refractivity contribution in [2.24, 2.45) is 5.92 Å². The third-order valence-corrected chi connectivity index (χ3v) is 8.92. The average molecular weight is 501 g/mol. The molecule has 6 nitrogen and oxygen atoms in total. The normalized spacial score (nSPS) is 21.7. The van der Waals surface area contributed by atoms with E-state index in [0.717, 1.165) is 5.56 Å². The molecule has 0 aromatic heterocycles. The molecule has 0 bridgehead atoms. The number of rotatable bonds is 6. The van der Waals surface area contributed by atoms with Crippen molar-refractivity contribution in [3.05, 3.63) is 58.3 Å². The summed E-state index contributed by atoms with van der Waals surface area (Å²) in [6, 6.07) is 9.84. The van der Waals surface area contributed by atoms with Crippen LogP contribution in [-0.4, -0.2) is 39.5 Å². The van der Waals surface area contributed by atoms with Gasteiger partial charge in [-0.3, -0.25) is 9.59 Å². The summed E-state index contributed by atoms with van der Waals surface area (Å²) in [5, 5.41) is 1.52. The van der Waals surface area contributed by atoms with Crippen LogP contribution in [0.25, 0.3) is 0 Å². The molecule has 1 heterocycles. The lowest BCUT2D eigenvalue weighted by molar-refractivity contribution is -0.118. The Bertz CT molecular complexity index is 1180. The topological polar surface area (TPSA) is 71.1 Å². The molecule has 0 radical (unpaired) electrons.